The number of anilines is 1. The van der Waals surface area contributed by atoms with Crippen LogP contribution in [0.2, 0.25) is 0 Å². The maximum atomic E-state index is 14.7. The first-order chi connectivity index (χ1) is 11.0. The second-order valence-corrected chi connectivity index (χ2v) is 6.48. The minimum atomic E-state index is -0.642. The summed E-state index contributed by atoms with van der Waals surface area (Å²) in [5.74, 6) is 5.19. The number of aryl methyl sites for hydroxylation is 1. The molecule has 2 aromatic rings. The van der Waals surface area contributed by atoms with E-state index in [1.807, 2.05) is 4.90 Å². The van der Waals surface area contributed by atoms with Crippen LogP contribution in [0.3, 0.4) is 0 Å². The van der Waals surface area contributed by atoms with Gasteiger partial charge in [-0.05, 0) is 38.7 Å². The van der Waals surface area contributed by atoms with Gasteiger partial charge in [-0.1, -0.05) is 0 Å². The molecule has 0 spiro atoms. The molecule has 1 saturated carbocycles. The normalized spacial score (nSPS) is 18.1. The monoisotopic (exact) mass is 318 g/mol. The van der Waals surface area contributed by atoms with Crippen molar-refractivity contribution < 1.29 is 4.39 Å². The van der Waals surface area contributed by atoms with Crippen molar-refractivity contribution in [2.45, 2.75) is 38.6 Å². The van der Waals surface area contributed by atoms with Gasteiger partial charge in [0.15, 0.2) is 0 Å². The number of hydrogen-bond acceptors (Lipinski definition) is 4. The SMILES string of the molecule is Cc1c(N2CCCC2)c(F)cc2c(=O)n(N)c(=O)n(C3CC3)c12. The summed E-state index contributed by atoms with van der Waals surface area (Å²) in [5.41, 5.74) is 0.540. The molecule has 2 N–H and O–H groups in total. The quantitative estimate of drug-likeness (QED) is 0.846. The number of nitrogen functional groups attached to an aromatic ring is 1. The van der Waals surface area contributed by atoms with Gasteiger partial charge in [0.25, 0.3) is 5.56 Å². The summed E-state index contributed by atoms with van der Waals surface area (Å²) in [4.78, 5) is 26.8. The van der Waals surface area contributed by atoms with Gasteiger partial charge in [-0.3, -0.25) is 9.36 Å². The third-order valence-corrected chi connectivity index (χ3v) is 4.90. The van der Waals surface area contributed by atoms with Gasteiger partial charge in [0, 0.05) is 24.7 Å². The lowest BCUT2D eigenvalue weighted by Crippen LogP contribution is -2.44. The average Bonchev–Trinajstić information content (AvgIpc) is 3.21. The molecule has 1 aliphatic carbocycles. The van der Waals surface area contributed by atoms with Crippen LogP contribution in [0.5, 0.6) is 0 Å². The molecule has 0 radical (unpaired) electrons. The number of benzene rings is 1. The Hall–Kier alpha value is -2.31. The van der Waals surface area contributed by atoms with Gasteiger partial charge in [-0.25, -0.2) is 9.18 Å². The van der Waals surface area contributed by atoms with Crippen molar-refractivity contribution in [1.82, 2.24) is 9.24 Å². The number of aromatic nitrogens is 2. The molecule has 1 aromatic heterocycles. The lowest BCUT2D eigenvalue weighted by atomic mass is 10.1. The van der Waals surface area contributed by atoms with Crippen molar-refractivity contribution in [3.8, 4) is 0 Å². The van der Waals surface area contributed by atoms with Gasteiger partial charge in [0.05, 0.1) is 16.6 Å². The molecule has 1 aromatic carbocycles. The number of nitrogens with two attached hydrogens (primary N) is 1. The summed E-state index contributed by atoms with van der Waals surface area (Å²) in [6, 6.07) is 1.29. The molecule has 2 aliphatic rings. The lowest BCUT2D eigenvalue weighted by molar-refractivity contribution is 0.619. The first-order valence-electron chi connectivity index (χ1n) is 8.01. The zero-order valence-corrected chi connectivity index (χ0v) is 13.0. The third-order valence-electron chi connectivity index (χ3n) is 4.90. The fourth-order valence-corrected chi connectivity index (χ4v) is 3.66. The van der Waals surface area contributed by atoms with Crippen molar-refractivity contribution >= 4 is 16.6 Å². The number of hydrogen-bond donors (Lipinski definition) is 1. The highest BCUT2D eigenvalue weighted by atomic mass is 19.1. The zero-order chi connectivity index (χ0) is 16.3. The molecule has 23 heavy (non-hydrogen) atoms. The summed E-state index contributed by atoms with van der Waals surface area (Å²) in [6.07, 6.45) is 3.81. The Labute approximate surface area is 131 Å². The van der Waals surface area contributed by atoms with E-state index in [1.54, 1.807) is 11.5 Å². The molecule has 122 valence electrons. The van der Waals surface area contributed by atoms with E-state index >= 15 is 0 Å². The smallest absolute Gasteiger partial charge is 0.350 e. The van der Waals surface area contributed by atoms with Crippen LogP contribution in [0, 0.1) is 12.7 Å². The predicted molar refractivity (Wildman–Crippen MR) is 87.0 cm³/mol. The zero-order valence-electron chi connectivity index (χ0n) is 13.0. The van der Waals surface area contributed by atoms with E-state index in [0.717, 1.165) is 38.8 Å². The Morgan fingerprint density at radius 1 is 1.22 bits per heavy atom. The van der Waals surface area contributed by atoms with Crippen LogP contribution in [0.15, 0.2) is 15.7 Å². The highest BCUT2D eigenvalue weighted by Gasteiger charge is 2.31. The fraction of sp³-hybridized carbons (Fsp3) is 0.500. The van der Waals surface area contributed by atoms with E-state index in [1.165, 1.54) is 6.07 Å². The minimum absolute atomic E-state index is 0.0518. The second-order valence-electron chi connectivity index (χ2n) is 6.48. The molecular formula is C16H19FN4O2. The van der Waals surface area contributed by atoms with E-state index in [2.05, 4.69) is 0 Å². The second kappa shape index (κ2) is 4.84. The van der Waals surface area contributed by atoms with Crippen molar-refractivity contribution in [2.75, 3.05) is 23.8 Å². The Kier molecular flexibility index (Phi) is 3.01. The van der Waals surface area contributed by atoms with Crippen molar-refractivity contribution in [3.63, 3.8) is 0 Å². The maximum Gasteiger partial charge on any atom is 0.350 e. The highest BCUT2D eigenvalue weighted by molar-refractivity contribution is 5.87. The molecule has 1 saturated heterocycles. The topological polar surface area (TPSA) is 73.3 Å². The summed E-state index contributed by atoms with van der Waals surface area (Å²) in [6.45, 7) is 3.38. The largest absolute Gasteiger partial charge is 0.369 e. The summed E-state index contributed by atoms with van der Waals surface area (Å²) < 4.78 is 16.8. The van der Waals surface area contributed by atoms with E-state index in [0.29, 0.717) is 21.4 Å². The molecule has 7 heteroatoms. The van der Waals surface area contributed by atoms with Gasteiger partial charge in [-0.2, -0.15) is 4.68 Å². The molecule has 2 fully saturated rings. The van der Waals surface area contributed by atoms with Gasteiger partial charge in [0.1, 0.15) is 5.82 Å². The first-order valence-corrected chi connectivity index (χ1v) is 8.01. The van der Waals surface area contributed by atoms with E-state index in [-0.39, 0.29) is 11.4 Å². The Morgan fingerprint density at radius 2 is 1.87 bits per heavy atom. The van der Waals surface area contributed by atoms with E-state index in [4.69, 9.17) is 5.84 Å². The van der Waals surface area contributed by atoms with Crippen molar-refractivity contribution in [1.29, 1.82) is 0 Å². The molecule has 4 rings (SSSR count). The average molecular weight is 318 g/mol. The predicted octanol–water partition coefficient (Wildman–Crippen LogP) is 1.26. The summed E-state index contributed by atoms with van der Waals surface area (Å²) >= 11 is 0. The summed E-state index contributed by atoms with van der Waals surface area (Å²) in [5, 5.41) is 0.178. The van der Waals surface area contributed by atoms with Crippen LogP contribution >= 0.6 is 0 Å². The number of rotatable bonds is 2. The van der Waals surface area contributed by atoms with Crippen LogP contribution in [0.25, 0.3) is 10.9 Å². The molecular weight excluding hydrogens is 299 g/mol. The number of fused-ring (bicyclic) bond motifs is 1. The molecule has 0 atom stereocenters. The fourth-order valence-electron chi connectivity index (χ4n) is 3.66. The Bertz CT molecular complexity index is 921. The van der Waals surface area contributed by atoms with Gasteiger partial charge >= 0.3 is 5.69 Å². The Balaban J connectivity index is 2.13. The van der Waals surface area contributed by atoms with Gasteiger partial charge < -0.3 is 10.7 Å². The molecule has 0 bridgehead atoms. The van der Waals surface area contributed by atoms with Crippen molar-refractivity contribution in [2.24, 2.45) is 0 Å². The maximum absolute atomic E-state index is 14.7. The standard InChI is InChI=1S/C16H19FN4O2/c1-9-13-11(8-12(17)14(9)19-6-2-3-7-19)15(22)21(18)16(23)20(13)10-4-5-10/h8,10H,2-7,18H2,1H3. The van der Waals surface area contributed by atoms with E-state index < -0.39 is 17.1 Å². The molecule has 2 heterocycles. The van der Waals surface area contributed by atoms with Crippen LogP contribution < -0.4 is 22.0 Å². The van der Waals surface area contributed by atoms with Crippen LogP contribution in [0.4, 0.5) is 10.1 Å². The highest BCUT2D eigenvalue weighted by Crippen LogP contribution is 2.38. The lowest BCUT2D eigenvalue weighted by Gasteiger charge is -2.23. The van der Waals surface area contributed by atoms with Gasteiger partial charge in [0.2, 0.25) is 0 Å². The van der Waals surface area contributed by atoms with Crippen LogP contribution in [-0.2, 0) is 0 Å². The molecule has 1 aliphatic heterocycles. The van der Waals surface area contributed by atoms with Crippen molar-refractivity contribution in [3.05, 3.63) is 38.3 Å². The van der Waals surface area contributed by atoms with Crippen LogP contribution in [-0.4, -0.2) is 22.3 Å². The van der Waals surface area contributed by atoms with Gasteiger partial charge in [-0.15, -0.1) is 0 Å². The minimum Gasteiger partial charge on any atom is -0.369 e. The number of halogens is 1. The summed E-state index contributed by atoms with van der Waals surface area (Å²) in [7, 11) is 0. The molecule has 0 unspecified atom stereocenters. The van der Waals surface area contributed by atoms with E-state index in [9.17, 15) is 14.0 Å². The molecule has 6 nitrogen and oxygen atoms in total. The first kappa shape index (κ1) is 14.3. The Morgan fingerprint density at radius 3 is 2.48 bits per heavy atom. The van der Waals surface area contributed by atoms with Crippen LogP contribution in [0.1, 0.15) is 37.3 Å². The number of nitrogens with zero attached hydrogens (tertiary/aromatic N) is 3. The molecule has 0 amide bonds. The third kappa shape index (κ3) is 1.99.